The molecule has 0 saturated heterocycles. The molecular weight excluding hydrogens is 288 g/mol. The molecule has 1 amide bonds. The van der Waals surface area contributed by atoms with E-state index in [0.29, 0.717) is 5.92 Å². The van der Waals surface area contributed by atoms with Gasteiger partial charge in [0.2, 0.25) is 0 Å². The largest absolute Gasteiger partial charge is 0.444 e. The van der Waals surface area contributed by atoms with Gasteiger partial charge in [0.15, 0.2) is 0 Å². The smallest absolute Gasteiger partial charge is 0.407 e. The van der Waals surface area contributed by atoms with Crippen molar-refractivity contribution in [2.24, 2.45) is 5.92 Å². The van der Waals surface area contributed by atoms with Gasteiger partial charge in [0.1, 0.15) is 5.60 Å². The second-order valence-electron chi connectivity index (χ2n) is 7.63. The van der Waals surface area contributed by atoms with Crippen LogP contribution in [0.4, 0.5) is 4.79 Å². The molecule has 4 nitrogen and oxygen atoms in total. The van der Waals surface area contributed by atoms with E-state index in [-0.39, 0.29) is 18.2 Å². The summed E-state index contributed by atoms with van der Waals surface area (Å²) in [4.78, 5) is 12.0. The molecule has 0 aromatic heterocycles. The molecule has 1 fully saturated rings. The lowest BCUT2D eigenvalue weighted by atomic mass is 10.1. The van der Waals surface area contributed by atoms with Crippen LogP contribution in [0, 0.1) is 12.8 Å². The van der Waals surface area contributed by atoms with Crippen LogP contribution >= 0.6 is 0 Å². The van der Waals surface area contributed by atoms with Crippen LogP contribution in [0.15, 0.2) is 24.3 Å². The lowest BCUT2D eigenvalue weighted by Crippen LogP contribution is -2.46. The number of ether oxygens (including phenoxy) is 1. The Morgan fingerprint density at radius 3 is 2.39 bits per heavy atom. The van der Waals surface area contributed by atoms with E-state index in [1.165, 1.54) is 24.0 Å². The molecule has 2 rings (SSSR count). The zero-order valence-corrected chi connectivity index (χ0v) is 15.0. The van der Waals surface area contributed by atoms with E-state index in [1.807, 2.05) is 20.8 Å². The van der Waals surface area contributed by atoms with E-state index >= 15 is 0 Å². The molecule has 1 saturated carbocycles. The fourth-order valence-electron chi connectivity index (χ4n) is 2.57. The summed E-state index contributed by atoms with van der Waals surface area (Å²) in [6.07, 6.45) is 2.04. The fourth-order valence-corrected chi connectivity index (χ4v) is 2.57. The van der Waals surface area contributed by atoms with Gasteiger partial charge in [-0.25, -0.2) is 4.79 Å². The SMILES string of the molecule is Cc1ccc(C(C)NCC(NC(=O)OC(C)(C)C)C2CC2)cc1. The quantitative estimate of drug-likeness (QED) is 0.835. The molecule has 1 aliphatic carbocycles. The summed E-state index contributed by atoms with van der Waals surface area (Å²) in [5.74, 6) is 0.570. The predicted molar refractivity (Wildman–Crippen MR) is 93.5 cm³/mol. The third kappa shape index (κ3) is 6.22. The van der Waals surface area contributed by atoms with Crippen molar-refractivity contribution < 1.29 is 9.53 Å². The van der Waals surface area contributed by atoms with Crippen LogP contribution in [0.3, 0.4) is 0 Å². The molecule has 0 radical (unpaired) electrons. The summed E-state index contributed by atoms with van der Waals surface area (Å²) >= 11 is 0. The van der Waals surface area contributed by atoms with E-state index in [2.05, 4.69) is 48.7 Å². The van der Waals surface area contributed by atoms with Crippen LogP contribution in [-0.4, -0.2) is 24.3 Å². The van der Waals surface area contributed by atoms with Gasteiger partial charge in [-0.2, -0.15) is 0 Å². The summed E-state index contributed by atoms with van der Waals surface area (Å²) in [6.45, 7) is 10.7. The zero-order chi connectivity index (χ0) is 17.0. The van der Waals surface area contributed by atoms with Crippen molar-refractivity contribution in [1.82, 2.24) is 10.6 Å². The summed E-state index contributed by atoms with van der Waals surface area (Å²) in [5.41, 5.74) is 2.08. The van der Waals surface area contributed by atoms with Crippen molar-refractivity contribution in [2.75, 3.05) is 6.54 Å². The van der Waals surface area contributed by atoms with Gasteiger partial charge in [-0.05, 0) is 58.9 Å². The first-order valence-electron chi connectivity index (χ1n) is 8.54. The van der Waals surface area contributed by atoms with Gasteiger partial charge in [-0.15, -0.1) is 0 Å². The highest BCUT2D eigenvalue weighted by Gasteiger charge is 2.33. The van der Waals surface area contributed by atoms with E-state index in [0.717, 1.165) is 6.54 Å². The van der Waals surface area contributed by atoms with Crippen LogP contribution in [0.2, 0.25) is 0 Å². The Labute approximate surface area is 140 Å². The van der Waals surface area contributed by atoms with Gasteiger partial charge in [0, 0.05) is 18.6 Å². The average Bonchev–Trinajstić information content (AvgIpc) is 3.26. The standard InChI is InChI=1S/C19H30N2O2/c1-13-6-8-15(9-7-13)14(2)20-12-17(16-10-11-16)21-18(22)23-19(3,4)5/h6-9,14,16-17,20H,10-12H2,1-5H3,(H,21,22). The second kappa shape index (κ2) is 7.35. The fraction of sp³-hybridized carbons (Fsp3) is 0.632. The number of amides is 1. The van der Waals surface area contributed by atoms with Gasteiger partial charge in [0.05, 0.1) is 0 Å². The summed E-state index contributed by atoms with van der Waals surface area (Å²) in [5, 5.41) is 6.57. The van der Waals surface area contributed by atoms with Gasteiger partial charge < -0.3 is 15.4 Å². The maximum absolute atomic E-state index is 12.0. The average molecular weight is 318 g/mol. The van der Waals surface area contributed by atoms with E-state index in [4.69, 9.17) is 4.74 Å². The molecule has 23 heavy (non-hydrogen) atoms. The molecule has 1 aromatic carbocycles. The normalized spacial score (nSPS) is 17.4. The number of hydrogen-bond acceptors (Lipinski definition) is 3. The molecule has 2 unspecified atom stereocenters. The Morgan fingerprint density at radius 2 is 1.87 bits per heavy atom. The van der Waals surface area contributed by atoms with E-state index in [1.54, 1.807) is 0 Å². The molecule has 2 atom stereocenters. The molecule has 2 N–H and O–H groups in total. The van der Waals surface area contributed by atoms with Gasteiger partial charge >= 0.3 is 6.09 Å². The highest BCUT2D eigenvalue weighted by Crippen LogP contribution is 2.32. The minimum atomic E-state index is -0.458. The predicted octanol–water partition coefficient (Wildman–Crippen LogP) is 3.95. The van der Waals surface area contributed by atoms with Crippen molar-refractivity contribution in [1.29, 1.82) is 0 Å². The maximum Gasteiger partial charge on any atom is 0.407 e. The zero-order valence-electron chi connectivity index (χ0n) is 15.0. The van der Waals surface area contributed by atoms with Crippen LogP contribution in [0.5, 0.6) is 0 Å². The summed E-state index contributed by atoms with van der Waals surface area (Å²) in [6, 6.07) is 8.96. The molecule has 0 aliphatic heterocycles. The number of hydrogen-bond donors (Lipinski definition) is 2. The monoisotopic (exact) mass is 318 g/mol. The Balaban J connectivity index is 1.85. The van der Waals surface area contributed by atoms with Crippen LogP contribution < -0.4 is 10.6 Å². The summed E-state index contributed by atoms with van der Waals surface area (Å²) < 4.78 is 5.37. The molecule has 128 valence electrons. The van der Waals surface area contributed by atoms with Crippen LogP contribution in [-0.2, 0) is 4.74 Å². The van der Waals surface area contributed by atoms with Crippen molar-refractivity contribution in [3.05, 3.63) is 35.4 Å². The Bertz CT molecular complexity index is 515. The molecule has 0 heterocycles. The van der Waals surface area contributed by atoms with E-state index in [9.17, 15) is 4.79 Å². The Morgan fingerprint density at radius 1 is 1.26 bits per heavy atom. The Hall–Kier alpha value is -1.55. The number of carbonyl (C=O) groups is 1. The molecule has 1 aromatic rings. The number of alkyl carbamates (subject to hydrolysis) is 1. The number of aryl methyl sites for hydroxylation is 1. The third-order valence-corrected chi connectivity index (χ3v) is 4.11. The number of benzene rings is 1. The third-order valence-electron chi connectivity index (χ3n) is 4.11. The summed E-state index contributed by atoms with van der Waals surface area (Å²) in [7, 11) is 0. The second-order valence-corrected chi connectivity index (χ2v) is 7.63. The molecular formula is C19H30N2O2. The molecule has 0 bridgehead atoms. The Kier molecular flexibility index (Phi) is 5.69. The van der Waals surface area contributed by atoms with Crippen molar-refractivity contribution >= 4 is 6.09 Å². The minimum Gasteiger partial charge on any atom is -0.444 e. The first kappa shape index (κ1) is 17.8. The van der Waals surface area contributed by atoms with E-state index < -0.39 is 5.60 Å². The van der Waals surface area contributed by atoms with Gasteiger partial charge in [-0.3, -0.25) is 0 Å². The first-order chi connectivity index (χ1) is 10.7. The number of nitrogens with one attached hydrogen (secondary N) is 2. The lowest BCUT2D eigenvalue weighted by molar-refractivity contribution is 0.0497. The van der Waals surface area contributed by atoms with Crippen LogP contribution in [0.1, 0.15) is 57.7 Å². The van der Waals surface area contributed by atoms with Gasteiger partial charge in [-0.1, -0.05) is 29.8 Å². The first-order valence-corrected chi connectivity index (χ1v) is 8.54. The molecule has 4 heteroatoms. The highest BCUT2D eigenvalue weighted by atomic mass is 16.6. The van der Waals surface area contributed by atoms with Crippen molar-refractivity contribution in [3.8, 4) is 0 Å². The maximum atomic E-state index is 12.0. The minimum absolute atomic E-state index is 0.137. The molecule has 0 spiro atoms. The van der Waals surface area contributed by atoms with Gasteiger partial charge in [0.25, 0.3) is 0 Å². The number of rotatable bonds is 6. The number of carbonyl (C=O) groups excluding carboxylic acids is 1. The topological polar surface area (TPSA) is 50.4 Å². The van der Waals surface area contributed by atoms with Crippen molar-refractivity contribution in [3.63, 3.8) is 0 Å². The van der Waals surface area contributed by atoms with Crippen molar-refractivity contribution in [2.45, 2.75) is 65.1 Å². The molecule has 1 aliphatic rings. The lowest BCUT2D eigenvalue weighted by Gasteiger charge is -2.25. The highest BCUT2D eigenvalue weighted by molar-refractivity contribution is 5.68. The van der Waals surface area contributed by atoms with Crippen LogP contribution in [0.25, 0.3) is 0 Å².